The third-order valence-corrected chi connectivity index (χ3v) is 4.12. The number of anilines is 1. The Labute approximate surface area is 157 Å². The van der Waals surface area contributed by atoms with Crippen molar-refractivity contribution in [2.24, 2.45) is 0 Å². The molecule has 28 heavy (non-hydrogen) atoms. The van der Waals surface area contributed by atoms with Gasteiger partial charge in [0, 0.05) is 12.1 Å². The number of nitrogens with one attached hydrogen (secondary N) is 2. The molecule has 0 aliphatic heterocycles. The lowest BCUT2D eigenvalue weighted by Gasteiger charge is -2.23. The van der Waals surface area contributed by atoms with Crippen molar-refractivity contribution in [3.05, 3.63) is 21.7 Å². The lowest BCUT2D eigenvalue weighted by atomic mass is 9.95. The minimum atomic E-state index is -2.89. The number of pyridine rings is 1. The number of carbonyl (C=O) groups excluding carboxylic acids is 1. The standard InChI is InChI=1S/C16H20F4N4O4/c17-12(18)7-21-14-11(24(26)27)6-10(16(23-14)28-8-13(19)20)15(25)22-9-4-2-1-3-5-9/h6,9,12-13H,1-5,7-8H2,(H,21,23)(H,22,25). The molecule has 156 valence electrons. The molecule has 0 aromatic carbocycles. The van der Waals surface area contributed by atoms with Gasteiger partial charge in [-0.05, 0) is 12.8 Å². The van der Waals surface area contributed by atoms with Gasteiger partial charge in [-0.15, -0.1) is 0 Å². The van der Waals surface area contributed by atoms with E-state index in [4.69, 9.17) is 4.74 Å². The molecule has 1 amide bonds. The molecular formula is C16H20F4N4O4. The van der Waals surface area contributed by atoms with Gasteiger partial charge in [-0.25, -0.2) is 17.6 Å². The van der Waals surface area contributed by atoms with Crippen LogP contribution in [0, 0.1) is 10.1 Å². The third-order valence-electron chi connectivity index (χ3n) is 4.12. The fourth-order valence-corrected chi connectivity index (χ4v) is 2.85. The van der Waals surface area contributed by atoms with Crippen molar-refractivity contribution in [3.8, 4) is 5.88 Å². The topological polar surface area (TPSA) is 106 Å². The fourth-order valence-electron chi connectivity index (χ4n) is 2.85. The van der Waals surface area contributed by atoms with Gasteiger partial charge in [0.25, 0.3) is 18.8 Å². The number of rotatable bonds is 9. The minimum absolute atomic E-state index is 0.153. The highest BCUT2D eigenvalue weighted by Gasteiger charge is 2.27. The molecule has 0 bridgehead atoms. The van der Waals surface area contributed by atoms with Crippen LogP contribution in [-0.2, 0) is 0 Å². The summed E-state index contributed by atoms with van der Waals surface area (Å²) in [6.07, 6.45) is -1.41. The van der Waals surface area contributed by atoms with Crippen LogP contribution in [0.3, 0.4) is 0 Å². The van der Waals surface area contributed by atoms with E-state index in [2.05, 4.69) is 15.6 Å². The number of nitro groups is 1. The Morgan fingerprint density at radius 3 is 2.50 bits per heavy atom. The molecule has 1 heterocycles. The largest absolute Gasteiger partial charge is 0.471 e. The van der Waals surface area contributed by atoms with Crippen molar-refractivity contribution in [2.45, 2.75) is 51.0 Å². The maximum absolute atomic E-state index is 12.5. The van der Waals surface area contributed by atoms with Crippen LogP contribution in [0.15, 0.2) is 6.07 Å². The quantitative estimate of drug-likeness (QED) is 0.369. The molecule has 2 N–H and O–H groups in total. The van der Waals surface area contributed by atoms with Crippen LogP contribution in [0.5, 0.6) is 5.88 Å². The Bertz CT molecular complexity index is 699. The Kier molecular flexibility index (Phi) is 7.76. The first-order valence-electron chi connectivity index (χ1n) is 8.71. The monoisotopic (exact) mass is 408 g/mol. The van der Waals surface area contributed by atoms with Crippen molar-refractivity contribution in [2.75, 3.05) is 18.5 Å². The zero-order valence-electron chi connectivity index (χ0n) is 14.8. The van der Waals surface area contributed by atoms with E-state index in [1.54, 1.807) is 0 Å². The molecule has 0 atom stereocenters. The summed E-state index contributed by atoms with van der Waals surface area (Å²) in [5.41, 5.74) is -1.14. The number of nitrogens with zero attached hydrogens (tertiary/aromatic N) is 2. The number of aromatic nitrogens is 1. The van der Waals surface area contributed by atoms with E-state index in [0.717, 1.165) is 38.2 Å². The molecule has 0 spiro atoms. The lowest BCUT2D eigenvalue weighted by molar-refractivity contribution is -0.384. The average Bonchev–Trinajstić information content (AvgIpc) is 2.64. The normalized spacial score (nSPS) is 14.9. The molecule has 1 aliphatic rings. The molecular weight excluding hydrogens is 388 g/mol. The summed E-state index contributed by atoms with van der Waals surface area (Å²) in [6, 6.07) is 0.639. The first-order valence-corrected chi connectivity index (χ1v) is 8.71. The lowest BCUT2D eigenvalue weighted by Crippen LogP contribution is -2.36. The maximum Gasteiger partial charge on any atom is 0.312 e. The molecule has 0 unspecified atom stereocenters. The Balaban J connectivity index is 2.34. The van der Waals surface area contributed by atoms with Crippen molar-refractivity contribution < 1.29 is 32.0 Å². The van der Waals surface area contributed by atoms with Crippen LogP contribution in [0.25, 0.3) is 0 Å². The van der Waals surface area contributed by atoms with Gasteiger partial charge in [0.15, 0.2) is 6.61 Å². The van der Waals surface area contributed by atoms with E-state index in [-0.39, 0.29) is 6.04 Å². The van der Waals surface area contributed by atoms with Crippen LogP contribution >= 0.6 is 0 Å². The second kappa shape index (κ2) is 10.0. The van der Waals surface area contributed by atoms with Gasteiger partial charge in [-0.2, -0.15) is 4.98 Å². The predicted molar refractivity (Wildman–Crippen MR) is 91.2 cm³/mol. The molecule has 1 fully saturated rings. The molecule has 8 nitrogen and oxygen atoms in total. The minimum Gasteiger partial charge on any atom is -0.471 e. The number of amides is 1. The summed E-state index contributed by atoms with van der Waals surface area (Å²) in [4.78, 5) is 26.5. The van der Waals surface area contributed by atoms with E-state index < -0.39 is 59.8 Å². The molecule has 1 aliphatic carbocycles. The van der Waals surface area contributed by atoms with Crippen molar-refractivity contribution >= 4 is 17.4 Å². The Hall–Kier alpha value is -2.66. The second-order valence-electron chi connectivity index (χ2n) is 6.25. The SMILES string of the molecule is O=C(NC1CCCCC1)c1cc([N+](=O)[O-])c(NCC(F)F)nc1OCC(F)F. The number of hydrogen-bond donors (Lipinski definition) is 2. The van der Waals surface area contributed by atoms with Gasteiger partial charge < -0.3 is 15.4 Å². The number of alkyl halides is 4. The molecule has 0 saturated heterocycles. The van der Waals surface area contributed by atoms with Crippen LogP contribution in [0.4, 0.5) is 29.1 Å². The smallest absolute Gasteiger partial charge is 0.312 e. The van der Waals surface area contributed by atoms with Crippen LogP contribution in [-0.4, -0.2) is 47.9 Å². The Morgan fingerprint density at radius 2 is 1.93 bits per heavy atom. The average molecular weight is 408 g/mol. The highest BCUT2D eigenvalue weighted by molar-refractivity contribution is 5.97. The highest BCUT2D eigenvalue weighted by Crippen LogP contribution is 2.30. The first kappa shape index (κ1) is 21.6. The van der Waals surface area contributed by atoms with Gasteiger partial charge in [0.1, 0.15) is 5.56 Å². The molecule has 0 radical (unpaired) electrons. The first-order chi connectivity index (χ1) is 13.3. The van der Waals surface area contributed by atoms with Crippen LogP contribution < -0.4 is 15.4 Å². The van der Waals surface area contributed by atoms with E-state index in [1.165, 1.54) is 0 Å². The van der Waals surface area contributed by atoms with E-state index >= 15 is 0 Å². The third kappa shape index (κ3) is 6.20. The zero-order valence-corrected chi connectivity index (χ0v) is 14.8. The number of carbonyl (C=O) groups is 1. The second-order valence-corrected chi connectivity index (χ2v) is 6.25. The Morgan fingerprint density at radius 1 is 1.25 bits per heavy atom. The van der Waals surface area contributed by atoms with E-state index in [9.17, 15) is 32.5 Å². The number of halogens is 4. The van der Waals surface area contributed by atoms with Crippen LogP contribution in [0.2, 0.25) is 0 Å². The maximum atomic E-state index is 12.5. The van der Waals surface area contributed by atoms with Crippen molar-refractivity contribution in [1.29, 1.82) is 0 Å². The van der Waals surface area contributed by atoms with Crippen LogP contribution in [0.1, 0.15) is 42.5 Å². The van der Waals surface area contributed by atoms with E-state index in [0.29, 0.717) is 0 Å². The van der Waals surface area contributed by atoms with Gasteiger partial charge in [0.05, 0.1) is 11.5 Å². The molecule has 1 saturated carbocycles. The van der Waals surface area contributed by atoms with Crippen molar-refractivity contribution in [3.63, 3.8) is 0 Å². The van der Waals surface area contributed by atoms with Gasteiger partial charge in [-0.1, -0.05) is 19.3 Å². The molecule has 2 rings (SSSR count). The predicted octanol–water partition coefficient (Wildman–Crippen LogP) is 3.37. The van der Waals surface area contributed by atoms with Gasteiger partial charge >= 0.3 is 5.69 Å². The van der Waals surface area contributed by atoms with E-state index in [1.807, 2.05) is 0 Å². The number of hydrogen-bond acceptors (Lipinski definition) is 6. The molecule has 12 heteroatoms. The summed E-state index contributed by atoms with van der Waals surface area (Å²) >= 11 is 0. The summed E-state index contributed by atoms with van der Waals surface area (Å²) < 4.78 is 54.7. The highest BCUT2D eigenvalue weighted by atomic mass is 19.3. The summed E-state index contributed by atoms with van der Waals surface area (Å²) in [7, 11) is 0. The summed E-state index contributed by atoms with van der Waals surface area (Å²) in [5, 5.41) is 16.0. The van der Waals surface area contributed by atoms with Crippen molar-refractivity contribution in [1.82, 2.24) is 10.3 Å². The summed E-state index contributed by atoms with van der Waals surface area (Å²) in [5.74, 6) is -1.94. The number of ether oxygens (including phenoxy) is 1. The molecule has 1 aromatic heterocycles. The summed E-state index contributed by atoms with van der Waals surface area (Å²) in [6.45, 7) is -2.06. The van der Waals surface area contributed by atoms with Gasteiger partial charge in [-0.3, -0.25) is 14.9 Å². The molecule has 1 aromatic rings. The van der Waals surface area contributed by atoms with Gasteiger partial charge in [0.2, 0.25) is 11.7 Å². The fraction of sp³-hybridized carbons (Fsp3) is 0.625. The zero-order chi connectivity index (χ0) is 20.7.